The van der Waals surface area contributed by atoms with E-state index in [0.717, 1.165) is 0 Å². The predicted octanol–water partition coefficient (Wildman–Crippen LogP) is 1.57. The Morgan fingerprint density at radius 2 is 2.13 bits per heavy atom. The Balaban J connectivity index is 2.51. The summed E-state index contributed by atoms with van der Waals surface area (Å²) in [4.78, 5) is 0. The Bertz CT molecular complexity index is 305. The summed E-state index contributed by atoms with van der Waals surface area (Å²) in [6, 6.07) is 4.70. The molecule has 0 amide bonds. The Hall–Kier alpha value is -1.13. The smallest absolute Gasteiger partial charge is 0.127 e. The van der Waals surface area contributed by atoms with Gasteiger partial charge in [0.2, 0.25) is 0 Å². The zero-order valence-electron chi connectivity index (χ0n) is 9.05. The molecule has 3 nitrogen and oxygen atoms in total. The van der Waals surface area contributed by atoms with E-state index in [-0.39, 0.29) is 5.82 Å². The summed E-state index contributed by atoms with van der Waals surface area (Å²) in [7, 11) is 3.20. The molecule has 4 heteroatoms. The molecule has 0 aromatic heterocycles. The summed E-state index contributed by atoms with van der Waals surface area (Å²) in [6.07, 6.45) is 0. The van der Waals surface area contributed by atoms with Gasteiger partial charge in [-0.25, -0.2) is 4.39 Å². The third-order valence-corrected chi connectivity index (χ3v) is 2.05. The van der Waals surface area contributed by atoms with Gasteiger partial charge in [0.1, 0.15) is 11.6 Å². The molecular weight excluding hydrogens is 197 g/mol. The van der Waals surface area contributed by atoms with E-state index in [2.05, 4.69) is 5.32 Å². The van der Waals surface area contributed by atoms with Gasteiger partial charge in [0.15, 0.2) is 0 Å². The molecule has 0 aliphatic rings. The summed E-state index contributed by atoms with van der Waals surface area (Å²) in [5.74, 6) is 0.445. The number of hydrogen-bond acceptors (Lipinski definition) is 3. The van der Waals surface area contributed by atoms with Crippen molar-refractivity contribution >= 4 is 0 Å². The third-order valence-electron chi connectivity index (χ3n) is 2.05. The van der Waals surface area contributed by atoms with Crippen molar-refractivity contribution in [2.75, 3.05) is 27.4 Å². The average molecular weight is 213 g/mol. The molecule has 0 saturated heterocycles. The summed E-state index contributed by atoms with van der Waals surface area (Å²) in [5.41, 5.74) is 0.602. The quantitative estimate of drug-likeness (QED) is 0.728. The summed E-state index contributed by atoms with van der Waals surface area (Å²) in [6.45, 7) is 1.80. The van der Waals surface area contributed by atoms with Crippen LogP contribution in [0.15, 0.2) is 18.2 Å². The van der Waals surface area contributed by atoms with E-state index in [1.807, 2.05) is 0 Å². The SMILES string of the molecule is COCCNCc1cc(OC)ccc1F. The first-order valence-electron chi connectivity index (χ1n) is 4.80. The van der Waals surface area contributed by atoms with Gasteiger partial charge < -0.3 is 14.8 Å². The highest BCUT2D eigenvalue weighted by Crippen LogP contribution is 2.16. The minimum atomic E-state index is -0.222. The maximum atomic E-state index is 13.3. The summed E-state index contributed by atoms with van der Waals surface area (Å²) >= 11 is 0. The summed E-state index contributed by atoms with van der Waals surface area (Å²) in [5, 5.41) is 3.07. The van der Waals surface area contributed by atoms with Crippen LogP contribution in [0.5, 0.6) is 5.75 Å². The van der Waals surface area contributed by atoms with E-state index in [4.69, 9.17) is 9.47 Å². The van der Waals surface area contributed by atoms with Gasteiger partial charge in [0, 0.05) is 25.8 Å². The summed E-state index contributed by atoms with van der Waals surface area (Å²) < 4.78 is 23.2. The molecule has 0 aliphatic carbocycles. The Morgan fingerprint density at radius 1 is 1.33 bits per heavy atom. The molecule has 84 valence electrons. The zero-order valence-corrected chi connectivity index (χ0v) is 9.05. The van der Waals surface area contributed by atoms with Crippen LogP contribution < -0.4 is 10.1 Å². The lowest BCUT2D eigenvalue weighted by Gasteiger charge is -2.07. The first-order valence-corrected chi connectivity index (χ1v) is 4.80. The highest BCUT2D eigenvalue weighted by Gasteiger charge is 2.03. The molecule has 0 spiro atoms. The number of hydrogen-bond donors (Lipinski definition) is 1. The minimum absolute atomic E-state index is 0.222. The molecule has 0 radical (unpaired) electrons. The van der Waals surface area contributed by atoms with Crippen molar-refractivity contribution in [2.45, 2.75) is 6.54 Å². The fourth-order valence-corrected chi connectivity index (χ4v) is 1.21. The second-order valence-electron chi connectivity index (χ2n) is 3.13. The van der Waals surface area contributed by atoms with Crippen molar-refractivity contribution in [3.8, 4) is 5.75 Å². The number of rotatable bonds is 6. The number of nitrogens with one attached hydrogen (secondary N) is 1. The normalized spacial score (nSPS) is 10.3. The monoisotopic (exact) mass is 213 g/mol. The molecule has 0 aliphatic heterocycles. The van der Waals surface area contributed by atoms with Crippen LogP contribution in [0.4, 0.5) is 4.39 Å². The zero-order chi connectivity index (χ0) is 11.1. The largest absolute Gasteiger partial charge is 0.497 e. The van der Waals surface area contributed by atoms with E-state index >= 15 is 0 Å². The van der Waals surface area contributed by atoms with Crippen LogP contribution in [-0.4, -0.2) is 27.4 Å². The van der Waals surface area contributed by atoms with Crippen LogP contribution in [0, 0.1) is 5.82 Å². The average Bonchev–Trinajstić information content (AvgIpc) is 2.26. The van der Waals surface area contributed by atoms with Crippen molar-refractivity contribution in [1.82, 2.24) is 5.32 Å². The molecule has 0 fully saturated rings. The van der Waals surface area contributed by atoms with Crippen LogP contribution in [0.1, 0.15) is 5.56 Å². The Morgan fingerprint density at radius 3 is 2.80 bits per heavy atom. The van der Waals surface area contributed by atoms with Crippen LogP contribution in [-0.2, 0) is 11.3 Å². The van der Waals surface area contributed by atoms with Crippen molar-refractivity contribution < 1.29 is 13.9 Å². The lowest BCUT2D eigenvalue weighted by Crippen LogP contribution is -2.19. The molecule has 0 bridgehead atoms. The predicted molar refractivity (Wildman–Crippen MR) is 56.5 cm³/mol. The van der Waals surface area contributed by atoms with Crippen molar-refractivity contribution in [2.24, 2.45) is 0 Å². The van der Waals surface area contributed by atoms with Crippen molar-refractivity contribution in [1.29, 1.82) is 0 Å². The van der Waals surface area contributed by atoms with Crippen LogP contribution in [0.2, 0.25) is 0 Å². The van der Waals surface area contributed by atoms with Gasteiger partial charge in [-0.05, 0) is 18.2 Å². The van der Waals surface area contributed by atoms with Gasteiger partial charge >= 0.3 is 0 Å². The van der Waals surface area contributed by atoms with Crippen LogP contribution in [0.25, 0.3) is 0 Å². The molecule has 0 saturated carbocycles. The highest BCUT2D eigenvalue weighted by molar-refractivity contribution is 5.29. The fraction of sp³-hybridized carbons (Fsp3) is 0.455. The fourth-order valence-electron chi connectivity index (χ4n) is 1.21. The number of ether oxygens (including phenoxy) is 2. The number of methoxy groups -OCH3 is 2. The lowest BCUT2D eigenvalue weighted by molar-refractivity contribution is 0.199. The molecular formula is C11H16FNO2. The number of benzene rings is 1. The van der Waals surface area contributed by atoms with Crippen molar-refractivity contribution in [3.63, 3.8) is 0 Å². The topological polar surface area (TPSA) is 30.5 Å². The van der Waals surface area contributed by atoms with Crippen LogP contribution in [0.3, 0.4) is 0 Å². The first kappa shape index (κ1) is 11.9. The van der Waals surface area contributed by atoms with E-state index in [1.54, 1.807) is 26.4 Å². The van der Waals surface area contributed by atoms with Crippen LogP contribution >= 0.6 is 0 Å². The molecule has 15 heavy (non-hydrogen) atoms. The molecule has 1 aromatic carbocycles. The molecule has 1 aromatic rings. The second-order valence-corrected chi connectivity index (χ2v) is 3.13. The van der Waals surface area contributed by atoms with E-state index in [1.165, 1.54) is 6.07 Å². The third kappa shape index (κ3) is 3.85. The molecule has 0 atom stereocenters. The molecule has 0 unspecified atom stereocenters. The standard InChI is InChI=1S/C11H16FNO2/c1-14-6-5-13-8-9-7-10(15-2)3-4-11(9)12/h3-4,7,13H,5-6,8H2,1-2H3. The molecule has 0 heterocycles. The maximum Gasteiger partial charge on any atom is 0.127 e. The minimum Gasteiger partial charge on any atom is -0.497 e. The Labute approximate surface area is 89.2 Å². The van der Waals surface area contributed by atoms with Gasteiger partial charge in [-0.2, -0.15) is 0 Å². The maximum absolute atomic E-state index is 13.3. The van der Waals surface area contributed by atoms with Gasteiger partial charge in [-0.1, -0.05) is 0 Å². The van der Waals surface area contributed by atoms with E-state index in [0.29, 0.717) is 31.0 Å². The van der Waals surface area contributed by atoms with Crippen molar-refractivity contribution in [3.05, 3.63) is 29.6 Å². The van der Waals surface area contributed by atoms with Gasteiger partial charge in [-0.3, -0.25) is 0 Å². The van der Waals surface area contributed by atoms with Gasteiger partial charge in [0.05, 0.1) is 13.7 Å². The molecule has 1 rings (SSSR count). The first-order chi connectivity index (χ1) is 7.27. The lowest BCUT2D eigenvalue weighted by atomic mass is 10.2. The Kier molecular flexibility index (Phi) is 5.07. The van der Waals surface area contributed by atoms with E-state index < -0.39 is 0 Å². The molecule has 1 N–H and O–H groups in total. The number of halogens is 1. The van der Waals surface area contributed by atoms with Gasteiger partial charge in [-0.15, -0.1) is 0 Å². The van der Waals surface area contributed by atoms with Gasteiger partial charge in [0.25, 0.3) is 0 Å². The van der Waals surface area contributed by atoms with E-state index in [9.17, 15) is 4.39 Å². The highest BCUT2D eigenvalue weighted by atomic mass is 19.1. The second kappa shape index (κ2) is 6.37.